The first kappa shape index (κ1) is 37.3. The van der Waals surface area contributed by atoms with Crippen molar-refractivity contribution < 1.29 is 40.9 Å². The molecule has 0 amide bonds. The molecule has 0 saturated heterocycles. The summed E-state index contributed by atoms with van der Waals surface area (Å²) < 4.78 is 0. The lowest BCUT2D eigenvalue weighted by Crippen LogP contribution is -2.25. The number of hydrogen-bond acceptors (Lipinski definition) is 11. The molecule has 0 spiro atoms. The van der Waals surface area contributed by atoms with Crippen LogP contribution < -0.4 is 0 Å². The van der Waals surface area contributed by atoms with Gasteiger partial charge in [0.05, 0.1) is 0 Å². The zero-order valence-corrected chi connectivity index (χ0v) is 31.9. The number of aromatic hydroxyl groups is 2. The number of phenols is 2. The molecule has 7 aromatic rings. The van der Waals surface area contributed by atoms with E-state index in [4.69, 9.17) is 15.0 Å². The average Bonchev–Trinajstić information content (AvgIpc) is 3.55. The molecular formula is C47H39N3O8. The highest BCUT2D eigenvalue weighted by atomic mass is 16.7. The van der Waals surface area contributed by atoms with E-state index in [1.807, 2.05) is 88.4 Å². The van der Waals surface area contributed by atoms with E-state index < -0.39 is 22.8 Å². The lowest BCUT2D eigenvalue weighted by atomic mass is 9.81. The Hall–Kier alpha value is -6.31. The zero-order valence-electron chi connectivity index (χ0n) is 31.9. The summed E-state index contributed by atoms with van der Waals surface area (Å²) in [4.78, 5) is 15.0. The Balaban J connectivity index is 1.17. The molecule has 0 aliphatic heterocycles. The van der Waals surface area contributed by atoms with Gasteiger partial charge in [-0.05, 0) is 92.0 Å². The highest BCUT2D eigenvalue weighted by Crippen LogP contribution is 2.52. The van der Waals surface area contributed by atoms with E-state index in [0.29, 0.717) is 28.6 Å². The fourth-order valence-electron chi connectivity index (χ4n) is 8.51. The second-order valence-corrected chi connectivity index (χ2v) is 16.2. The van der Waals surface area contributed by atoms with Crippen molar-refractivity contribution in [1.29, 1.82) is 0 Å². The Morgan fingerprint density at radius 1 is 0.362 bits per heavy atom. The molecule has 0 unspecified atom stereocenters. The van der Waals surface area contributed by atoms with Crippen LogP contribution in [0.15, 0.2) is 115 Å². The fourth-order valence-corrected chi connectivity index (χ4v) is 8.51. The maximum Gasteiger partial charge on any atom is 0.304 e. The molecule has 8 N–H and O–H groups in total. The van der Waals surface area contributed by atoms with E-state index in [1.165, 1.54) is 18.2 Å². The van der Waals surface area contributed by atoms with Crippen LogP contribution in [0.5, 0.6) is 11.5 Å². The van der Waals surface area contributed by atoms with Gasteiger partial charge in [0.2, 0.25) is 0 Å². The van der Waals surface area contributed by atoms with Crippen molar-refractivity contribution >= 4 is 0 Å². The summed E-state index contributed by atoms with van der Waals surface area (Å²) >= 11 is 0. The molecule has 11 nitrogen and oxygen atoms in total. The van der Waals surface area contributed by atoms with Crippen LogP contribution in [0.25, 0.3) is 67.5 Å². The number of aliphatic hydroxyl groups is 6. The van der Waals surface area contributed by atoms with Crippen molar-refractivity contribution in [3.8, 4) is 79.0 Å². The second-order valence-electron chi connectivity index (χ2n) is 16.2. The number of aromatic nitrogens is 3. The number of benzene rings is 6. The van der Waals surface area contributed by atoms with Gasteiger partial charge >= 0.3 is 11.9 Å². The molecule has 0 bridgehead atoms. The highest BCUT2D eigenvalue weighted by Gasteiger charge is 2.39. The predicted molar refractivity (Wildman–Crippen MR) is 217 cm³/mol. The van der Waals surface area contributed by atoms with E-state index in [2.05, 4.69) is 0 Å². The predicted octanol–water partition coefficient (Wildman–Crippen LogP) is 6.74. The fraction of sp³-hybridized carbons (Fsp3) is 0.170. The zero-order chi connectivity index (χ0) is 41.1. The summed E-state index contributed by atoms with van der Waals surface area (Å²) in [6, 6.07) is 33.5. The Kier molecular flexibility index (Phi) is 8.09. The lowest BCUT2D eigenvalue weighted by Gasteiger charge is -2.24. The van der Waals surface area contributed by atoms with Gasteiger partial charge in [-0.25, -0.2) is 15.0 Å². The summed E-state index contributed by atoms with van der Waals surface area (Å²) in [5.74, 6) is -4.84. The molecular weight excluding hydrogens is 735 g/mol. The molecule has 1 heterocycles. The van der Waals surface area contributed by atoms with Gasteiger partial charge in [0, 0.05) is 44.7 Å². The first-order valence-electron chi connectivity index (χ1n) is 18.6. The van der Waals surface area contributed by atoms with Gasteiger partial charge in [-0.15, -0.1) is 0 Å². The summed E-state index contributed by atoms with van der Waals surface area (Å²) in [5.41, 5.74) is 9.63. The third-order valence-electron chi connectivity index (χ3n) is 11.7. The molecule has 0 atom stereocenters. The quantitative estimate of drug-likeness (QED) is 0.0833. The van der Waals surface area contributed by atoms with Gasteiger partial charge in [0.15, 0.2) is 17.5 Å². The molecule has 1 aromatic heterocycles. The largest absolute Gasteiger partial charge is 0.508 e. The van der Waals surface area contributed by atoms with E-state index in [0.717, 1.165) is 61.2 Å². The first-order valence-corrected chi connectivity index (χ1v) is 18.6. The van der Waals surface area contributed by atoms with Crippen molar-refractivity contribution in [3.05, 3.63) is 149 Å². The first-order chi connectivity index (χ1) is 27.3. The van der Waals surface area contributed by atoms with Crippen LogP contribution in [0.1, 0.15) is 61.1 Å². The number of rotatable bonds is 6. The third-order valence-corrected chi connectivity index (χ3v) is 11.7. The molecule has 0 saturated carbocycles. The van der Waals surface area contributed by atoms with Crippen molar-refractivity contribution in [3.63, 3.8) is 0 Å². The standard InChI is InChI=1S/C47H39N3O8/c1-44(2)37-19-26(9-13-33(37)35-15-11-29(21-39(35)44)46(53,54)55)42-48-41(25-7-5-24(6-8-25)28-17-31(51)23-32(52)18-28)49-43(50-42)27-10-14-34-36-16-12-30(47(56,57)58)22-40(36)45(3,4)38(34)20-27/h5-23,51-58H,1-4H3. The smallest absolute Gasteiger partial charge is 0.304 e. The van der Waals surface area contributed by atoms with Crippen molar-refractivity contribution in [2.45, 2.75) is 50.5 Å². The maximum atomic E-state index is 10.1. The highest BCUT2D eigenvalue weighted by molar-refractivity contribution is 5.85. The minimum atomic E-state index is -2.98. The van der Waals surface area contributed by atoms with Gasteiger partial charge in [-0.1, -0.05) is 100 Å². The van der Waals surface area contributed by atoms with Crippen LogP contribution in [0.2, 0.25) is 0 Å². The van der Waals surface area contributed by atoms with E-state index in [9.17, 15) is 40.9 Å². The topological polar surface area (TPSA) is 201 Å². The van der Waals surface area contributed by atoms with Gasteiger partial charge in [-0.2, -0.15) is 0 Å². The van der Waals surface area contributed by atoms with Crippen LogP contribution >= 0.6 is 0 Å². The molecule has 6 aromatic carbocycles. The molecule has 9 rings (SSSR count). The Morgan fingerprint density at radius 2 is 0.690 bits per heavy atom. The SMILES string of the molecule is CC1(C)c2cc(-c3nc(-c4ccc(-c5cc(O)cc(O)c5)cc4)nc(-c4ccc5c(c4)C(C)(C)c4cc(C(O)(O)O)ccc4-5)n3)ccc2-c2ccc(C(O)(O)O)cc21. The monoisotopic (exact) mass is 773 g/mol. The molecule has 2 aliphatic rings. The molecule has 0 radical (unpaired) electrons. The van der Waals surface area contributed by atoms with Crippen LogP contribution in [0.3, 0.4) is 0 Å². The number of fused-ring (bicyclic) bond motifs is 6. The minimum absolute atomic E-state index is 0.0321. The minimum Gasteiger partial charge on any atom is -0.508 e. The van der Waals surface area contributed by atoms with Crippen LogP contribution in [0, 0.1) is 0 Å². The van der Waals surface area contributed by atoms with Gasteiger partial charge in [-0.3, -0.25) is 0 Å². The molecule has 11 heteroatoms. The van der Waals surface area contributed by atoms with Gasteiger partial charge < -0.3 is 40.9 Å². The van der Waals surface area contributed by atoms with Crippen LogP contribution in [-0.4, -0.2) is 55.8 Å². The van der Waals surface area contributed by atoms with Crippen molar-refractivity contribution in [1.82, 2.24) is 15.0 Å². The van der Waals surface area contributed by atoms with Crippen LogP contribution in [-0.2, 0) is 22.8 Å². The number of nitrogens with zero attached hydrogens (tertiary/aromatic N) is 3. The Labute approximate surface area is 333 Å². The average molecular weight is 774 g/mol. The summed E-state index contributed by atoms with van der Waals surface area (Å²) in [6.45, 7) is 8.13. The van der Waals surface area contributed by atoms with Crippen molar-refractivity contribution in [2.24, 2.45) is 0 Å². The Bertz CT molecular complexity index is 2670. The van der Waals surface area contributed by atoms with Gasteiger partial charge in [0.1, 0.15) is 11.5 Å². The van der Waals surface area contributed by atoms with Gasteiger partial charge in [0.25, 0.3) is 0 Å². The summed E-state index contributed by atoms with van der Waals surface area (Å²) in [5, 5.41) is 79.8. The van der Waals surface area contributed by atoms with E-state index in [-0.39, 0.29) is 22.6 Å². The number of hydrogen-bond donors (Lipinski definition) is 8. The van der Waals surface area contributed by atoms with E-state index in [1.54, 1.807) is 36.4 Å². The molecule has 290 valence electrons. The molecule has 0 fully saturated rings. The third kappa shape index (κ3) is 6.04. The Morgan fingerprint density at radius 3 is 1.09 bits per heavy atom. The van der Waals surface area contributed by atoms with Crippen LogP contribution in [0.4, 0.5) is 0 Å². The van der Waals surface area contributed by atoms with Crippen molar-refractivity contribution in [2.75, 3.05) is 0 Å². The second kappa shape index (κ2) is 12.6. The maximum absolute atomic E-state index is 10.1. The summed E-state index contributed by atoms with van der Waals surface area (Å²) in [6.07, 6.45) is 0. The molecule has 58 heavy (non-hydrogen) atoms. The molecule has 2 aliphatic carbocycles. The summed E-state index contributed by atoms with van der Waals surface area (Å²) in [7, 11) is 0. The van der Waals surface area contributed by atoms with E-state index >= 15 is 0 Å². The normalized spacial score (nSPS) is 14.8. The number of phenolic OH excluding ortho intramolecular Hbond substituents is 2. The lowest BCUT2D eigenvalue weighted by molar-refractivity contribution is -0.324.